The molecule has 0 amide bonds. The van der Waals surface area contributed by atoms with Gasteiger partial charge in [-0.25, -0.2) is 13.1 Å². The number of methoxy groups -OCH3 is 1. The first-order valence-corrected chi connectivity index (χ1v) is 7.49. The van der Waals surface area contributed by atoms with Crippen molar-refractivity contribution in [3.63, 3.8) is 0 Å². The van der Waals surface area contributed by atoms with E-state index in [1.807, 2.05) is 0 Å². The first-order chi connectivity index (χ1) is 9.72. The number of nitro benzene ring substituents is 1. The van der Waals surface area contributed by atoms with Gasteiger partial charge in [-0.1, -0.05) is 0 Å². The summed E-state index contributed by atoms with van der Waals surface area (Å²) in [5, 5.41) is 11.0. The van der Waals surface area contributed by atoms with Gasteiger partial charge in [0.05, 0.1) is 15.9 Å². The molecule has 0 heterocycles. The topological polar surface area (TPSA) is 137 Å². The van der Waals surface area contributed by atoms with Crippen LogP contribution in [0.1, 0.15) is 12.5 Å². The van der Waals surface area contributed by atoms with Gasteiger partial charge >= 0.3 is 0 Å². The lowest BCUT2D eigenvalue weighted by Gasteiger charge is -2.13. The largest absolute Gasteiger partial charge is 0.380 e. The van der Waals surface area contributed by atoms with Crippen LogP contribution in [0.15, 0.2) is 17.0 Å². The molecule has 1 rings (SSSR count). The van der Waals surface area contributed by atoms with Crippen LogP contribution in [-0.2, 0) is 14.8 Å². The molecule has 0 aromatic heterocycles. The molecule has 9 nitrogen and oxygen atoms in total. The lowest BCUT2D eigenvalue weighted by molar-refractivity contribution is -0.384. The molecule has 0 aliphatic carbocycles. The van der Waals surface area contributed by atoms with Crippen molar-refractivity contribution in [3.8, 4) is 0 Å². The van der Waals surface area contributed by atoms with Crippen molar-refractivity contribution in [1.82, 2.24) is 4.72 Å². The van der Waals surface area contributed by atoms with Crippen LogP contribution in [0.25, 0.3) is 0 Å². The van der Waals surface area contributed by atoms with Crippen LogP contribution < -0.4 is 16.0 Å². The summed E-state index contributed by atoms with van der Waals surface area (Å²) in [4.78, 5) is 10.1. The summed E-state index contributed by atoms with van der Waals surface area (Å²) in [5.41, 5.74) is 2.15. The molecule has 0 radical (unpaired) electrons. The highest BCUT2D eigenvalue weighted by atomic mass is 32.2. The Morgan fingerprint density at radius 1 is 1.48 bits per heavy atom. The molecule has 1 aromatic rings. The number of hydrogen-bond acceptors (Lipinski definition) is 7. The monoisotopic (exact) mass is 318 g/mol. The Bertz CT molecular complexity index is 632. The van der Waals surface area contributed by atoms with Gasteiger partial charge in [0, 0.05) is 19.7 Å². The summed E-state index contributed by atoms with van der Waals surface area (Å²) < 4.78 is 31.7. The third-order valence-electron chi connectivity index (χ3n) is 2.90. The van der Waals surface area contributed by atoms with Gasteiger partial charge in [0.15, 0.2) is 0 Å². The van der Waals surface area contributed by atoms with Gasteiger partial charge in [-0.15, -0.1) is 0 Å². The number of nitrogens with one attached hydrogen (secondary N) is 2. The standard InChI is InChI=1S/C11H18N4O5S/c1-7-4-9(14-12)10(15(16)17)5-11(7)21(18,19)13-6-8(2)20-3/h4-5,8,13-14H,6,12H2,1-3H3. The lowest BCUT2D eigenvalue weighted by atomic mass is 10.2. The quantitative estimate of drug-likeness (QED) is 0.378. The molecule has 1 unspecified atom stereocenters. The zero-order valence-corrected chi connectivity index (χ0v) is 12.7. The number of nitrogen functional groups attached to an aromatic ring is 1. The molecule has 0 fully saturated rings. The van der Waals surface area contributed by atoms with Gasteiger partial charge in [-0.3, -0.25) is 16.0 Å². The Hall–Kier alpha value is -1.75. The second kappa shape index (κ2) is 6.80. The van der Waals surface area contributed by atoms with Gasteiger partial charge in [-0.05, 0) is 25.5 Å². The van der Waals surface area contributed by atoms with E-state index in [-0.39, 0.29) is 23.2 Å². The summed E-state index contributed by atoms with van der Waals surface area (Å²) in [6.07, 6.45) is -0.319. The average Bonchev–Trinajstić information content (AvgIpc) is 2.43. The van der Waals surface area contributed by atoms with Gasteiger partial charge in [0.1, 0.15) is 5.69 Å². The molecular formula is C11H18N4O5S. The van der Waals surface area contributed by atoms with Gasteiger partial charge in [0.25, 0.3) is 5.69 Å². The van der Waals surface area contributed by atoms with Crippen molar-refractivity contribution in [2.45, 2.75) is 24.8 Å². The van der Waals surface area contributed by atoms with Crippen LogP contribution in [0.4, 0.5) is 11.4 Å². The Labute approximate surface area is 122 Å². The predicted molar refractivity (Wildman–Crippen MR) is 77.3 cm³/mol. The van der Waals surface area contributed by atoms with E-state index < -0.39 is 20.6 Å². The van der Waals surface area contributed by atoms with E-state index in [1.165, 1.54) is 20.1 Å². The zero-order chi connectivity index (χ0) is 16.2. The minimum absolute atomic E-state index is 0.0432. The number of ether oxygens (including phenoxy) is 1. The van der Waals surface area contributed by atoms with E-state index in [1.54, 1.807) is 6.92 Å². The van der Waals surface area contributed by atoms with E-state index in [4.69, 9.17) is 10.6 Å². The zero-order valence-electron chi connectivity index (χ0n) is 11.9. The minimum atomic E-state index is -3.88. The van der Waals surface area contributed by atoms with Crippen molar-refractivity contribution in [3.05, 3.63) is 27.8 Å². The maximum absolute atomic E-state index is 12.2. The molecule has 10 heteroatoms. The summed E-state index contributed by atoms with van der Waals surface area (Å²) in [6, 6.07) is 2.29. The van der Waals surface area contributed by atoms with Gasteiger partial charge in [0.2, 0.25) is 10.0 Å². The second-order valence-electron chi connectivity index (χ2n) is 4.43. The third-order valence-corrected chi connectivity index (χ3v) is 4.46. The van der Waals surface area contributed by atoms with E-state index in [0.717, 1.165) is 6.07 Å². The second-order valence-corrected chi connectivity index (χ2v) is 6.17. The van der Waals surface area contributed by atoms with Crippen LogP contribution in [0, 0.1) is 17.0 Å². The molecule has 0 aliphatic rings. The summed E-state index contributed by atoms with van der Waals surface area (Å²) in [7, 11) is -2.43. The molecule has 0 saturated carbocycles. The normalized spacial score (nSPS) is 13.0. The smallest absolute Gasteiger partial charge is 0.295 e. The molecule has 0 saturated heterocycles. The number of nitrogens with zero attached hydrogens (tertiary/aromatic N) is 1. The number of nitro groups is 1. The summed E-state index contributed by atoms with van der Waals surface area (Å²) in [6.45, 7) is 3.28. The Morgan fingerprint density at radius 2 is 2.10 bits per heavy atom. The Kier molecular flexibility index (Phi) is 5.61. The van der Waals surface area contributed by atoms with Crippen LogP contribution in [-0.4, -0.2) is 33.1 Å². The summed E-state index contributed by atoms with van der Waals surface area (Å²) >= 11 is 0. The van der Waals surface area contributed by atoms with E-state index in [2.05, 4.69) is 10.1 Å². The molecule has 4 N–H and O–H groups in total. The molecule has 1 aromatic carbocycles. The van der Waals surface area contributed by atoms with E-state index in [9.17, 15) is 18.5 Å². The van der Waals surface area contributed by atoms with Gasteiger partial charge in [-0.2, -0.15) is 0 Å². The highest BCUT2D eigenvalue weighted by Gasteiger charge is 2.24. The molecule has 21 heavy (non-hydrogen) atoms. The summed E-state index contributed by atoms with van der Waals surface area (Å²) in [5.74, 6) is 5.20. The number of hydrogen-bond donors (Lipinski definition) is 3. The number of anilines is 1. The molecule has 0 aliphatic heterocycles. The highest BCUT2D eigenvalue weighted by Crippen LogP contribution is 2.29. The SMILES string of the molecule is COC(C)CNS(=O)(=O)c1cc([N+](=O)[O-])c(NN)cc1C. The maximum Gasteiger partial charge on any atom is 0.295 e. The Balaban J connectivity index is 3.23. The Morgan fingerprint density at radius 3 is 2.57 bits per heavy atom. The van der Waals surface area contributed by atoms with Crippen molar-refractivity contribution >= 4 is 21.4 Å². The fourth-order valence-corrected chi connectivity index (χ4v) is 2.98. The number of benzene rings is 1. The first-order valence-electron chi connectivity index (χ1n) is 6.01. The van der Waals surface area contributed by atoms with Crippen molar-refractivity contribution in [2.24, 2.45) is 5.84 Å². The van der Waals surface area contributed by atoms with E-state index in [0.29, 0.717) is 5.56 Å². The van der Waals surface area contributed by atoms with Crippen LogP contribution in [0.2, 0.25) is 0 Å². The first kappa shape index (κ1) is 17.3. The molecule has 1 atom stereocenters. The van der Waals surface area contributed by atoms with Crippen LogP contribution >= 0.6 is 0 Å². The number of sulfonamides is 1. The number of hydrazine groups is 1. The number of rotatable bonds is 7. The predicted octanol–water partition coefficient (Wildman–Crippen LogP) is 0.502. The van der Waals surface area contributed by atoms with Crippen LogP contribution in [0.5, 0.6) is 0 Å². The maximum atomic E-state index is 12.2. The molecule has 0 bridgehead atoms. The molecule has 118 valence electrons. The number of nitrogens with two attached hydrogens (primary N) is 1. The minimum Gasteiger partial charge on any atom is -0.380 e. The van der Waals surface area contributed by atoms with Crippen molar-refractivity contribution < 1.29 is 18.1 Å². The fourth-order valence-electron chi connectivity index (χ4n) is 1.62. The fraction of sp³-hybridized carbons (Fsp3) is 0.455. The van der Waals surface area contributed by atoms with Crippen molar-refractivity contribution in [2.75, 3.05) is 19.1 Å². The van der Waals surface area contributed by atoms with Gasteiger partial charge < -0.3 is 10.2 Å². The third kappa shape index (κ3) is 4.11. The molecular weight excluding hydrogens is 300 g/mol. The number of aryl methyl sites for hydroxylation is 1. The average molecular weight is 318 g/mol. The van der Waals surface area contributed by atoms with Crippen LogP contribution in [0.3, 0.4) is 0 Å². The molecule has 0 spiro atoms. The lowest BCUT2D eigenvalue weighted by Crippen LogP contribution is -2.32. The van der Waals surface area contributed by atoms with E-state index >= 15 is 0 Å². The van der Waals surface area contributed by atoms with Crippen molar-refractivity contribution in [1.29, 1.82) is 0 Å². The highest BCUT2D eigenvalue weighted by molar-refractivity contribution is 7.89.